The monoisotopic (exact) mass is 256 g/mol. The highest BCUT2D eigenvalue weighted by molar-refractivity contribution is 6.17. The lowest BCUT2D eigenvalue weighted by Gasteiger charge is -2.11. The quantitative estimate of drug-likeness (QED) is 0.762. The van der Waals surface area contributed by atoms with Gasteiger partial charge in [0.15, 0.2) is 0 Å². The van der Waals surface area contributed by atoms with Gasteiger partial charge < -0.3 is 10.1 Å². The van der Waals surface area contributed by atoms with Gasteiger partial charge in [0.1, 0.15) is 5.75 Å². The van der Waals surface area contributed by atoms with Crippen LogP contribution in [-0.2, 0) is 6.54 Å². The second-order valence-electron chi connectivity index (χ2n) is 4.35. The Morgan fingerprint density at radius 3 is 2.88 bits per heavy atom. The van der Waals surface area contributed by atoms with Gasteiger partial charge in [0.05, 0.1) is 12.8 Å². The Morgan fingerprint density at radius 2 is 2.24 bits per heavy atom. The summed E-state index contributed by atoms with van der Waals surface area (Å²) < 4.78 is 5.22. The van der Waals surface area contributed by atoms with Crippen molar-refractivity contribution in [2.45, 2.75) is 26.8 Å². The normalized spacial score (nSPS) is 12.5. The van der Waals surface area contributed by atoms with E-state index in [4.69, 9.17) is 16.3 Å². The Bertz CT molecular complexity index is 344. The molecule has 1 rings (SSSR count). The number of aryl methyl sites for hydroxylation is 1. The molecule has 0 saturated heterocycles. The minimum Gasteiger partial charge on any atom is -0.497 e. The summed E-state index contributed by atoms with van der Waals surface area (Å²) in [5, 5.41) is 3.39. The number of aromatic nitrogens is 1. The van der Waals surface area contributed by atoms with Crippen LogP contribution in [0.5, 0.6) is 5.75 Å². The van der Waals surface area contributed by atoms with Gasteiger partial charge in [0.2, 0.25) is 0 Å². The minimum atomic E-state index is 0.596. The fraction of sp³-hybridized carbons (Fsp3) is 0.615. The van der Waals surface area contributed by atoms with Crippen molar-refractivity contribution in [3.8, 4) is 5.75 Å². The molecule has 0 fully saturated rings. The van der Waals surface area contributed by atoms with E-state index in [9.17, 15) is 0 Å². The van der Waals surface area contributed by atoms with Crippen molar-refractivity contribution in [2.24, 2.45) is 5.92 Å². The van der Waals surface area contributed by atoms with Crippen LogP contribution in [0.3, 0.4) is 0 Å². The lowest BCUT2D eigenvalue weighted by Crippen LogP contribution is -2.21. The molecule has 1 atom stereocenters. The number of halogens is 1. The average Bonchev–Trinajstić information content (AvgIpc) is 2.28. The zero-order chi connectivity index (χ0) is 12.7. The second-order valence-corrected chi connectivity index (χ2v) is 4.73. The summed E-state index contributed by atoms with van der Waals surface area (Å²) in [7, 11) is 1.68. The average molecular weight is 257 g/mol. The van der Waals surface area contributed by atoms with Crippen LogP contribution in [0, 0.1) is 12.8 Å². The Kier molecular flexibility index (Phi) is 6.30. The molecule has 0 aliphatic heterocycles. The van der Waals surface area contributed by atoms with Gasteiger partial charge in [-0.25, -0.2) is 0 Å². The zero-order valence-corrected chi connectivity index (χ0v) is 11.5. The molecule has 1 unspecified atom stereocenters. The summed E-state index contributed by atoms with van der Waals surface area (Å²) in [5.74, 6) is 2.18. The highest BCUT2D eigenvalue weighted by atomic mass is 35.5. The van der Waals surface area contributed by atoms with E-state index in [1.807, 2.05) is 19.1 Å². The van der Waals surface area contributed by atoms with E-state index < -0.39 is 0 Å². The molecule has 0 saturated carbocycles. The first kappa shape index (κ1) is 14.3. The van der Waals surface area contributed by atoms with Crippen LogP contribution in [0.15, 0.2) is 12.1 Å². The number of pyridine rings is 1. The Labute approximate surface area is 109 Å². The highest BCUT2D eigenvalue weighted by Gasteiger charge is 2.03. The third-order valence-electron chi connectivity index (χ3n) is 2.62. The number of nitrogens with one attached hydrogen (secondary N) is 1. The summed E-state index contributed by atoms with van der Waals surface area (Å²) in [4.78, 5) is 4.46. The van der Waals surface area contributed by atoms with Crippen molar-refractivity contribution >= 4 is 11.6 Å². The number of hydrogen-bond acceptors (Lipinski definition) is 3. The largest absolute Gasteiger partial charge is 0.497 e. The molecular weight excluding hydrogens is 236 g/mol. The third-order valence-corrected chi connectivity index (χ3v) is 2.83. The predicted octanol–water partition coefficient (Wildman–Crippen LogP) is 2.75. The minimum absolute atomic E-state index is 0.596. The molecule has 96 valence electrons. The first-order valence-corrected chi connectivity index (χ1v) is 6.47. The number of rotatable bonds is 7. The maximum absolute atomic E-state index is 5.70. The fourth-order valence-electron chi connectivity index (χ4n) is 1.65. The summed E-state index contributed by atoms with van der Waals surface area (Å²) >= 11 is 5.70. The first-order chi connectivity index (χ1) is 8.15. The number of methoxy groups -OCH3 is 1. The van der Waals surface area contributed by atoms with E-state index in [-0.39, 0.29) is 0 Å². The number of nitrogens with zero attached hydrogens (tertiary/aromatic N) is 1. The summed E-state index contributed by atoms with van der Waals surface area (Å²) in [5.41, 5.74) is 2.00. The Hall–Kier alpha value is -0.800. The molecule has 17 heavy (non-hydrogen) atoms. The summed E-state index contributed by atoms with van der Waals surface area (Å²) in [6, 6.07) is 3.89. The number of hydrogen-bond donors (Lipinski definition) is 1. The van der Waals surface area contributed by atoms with Gasteiger partial charge in [-0.05, 0) is 25.8 Å². The van der Waals surface area contributed by atoms with Crippen LogP contribution < -0.4 is 10.1 Å². The van der Waals surface area contributed by atoms with Crippen molar-refractivity contribution in [3.63, 3.8) is 0 Å². The molecule has 0 aliphatic carbocycles. The van der Waals surface area contributed by atoms with Gasteiger partial charge in [-0.3, -0.25) is 4.98 Å². The van der Waals surface area contributed by atoms with Crippen LogP contribution >= 0.6 is 11.6 Å². The van der Waals surface area contributed by atoms with Gasteiger partial charge in [0.25, 0.3) is 0 Å². The lowest BCUT2D eigenvalue weighted by molar-refractivity contribution is 0.412. The molecule has 1 aromatic rings. The first-order valence-electron chi connectivity index (χ1n) is 5.94. The third kappa shape index (κ3) is 5.37. The SMILES string of the molecule is COc1cc(C)nc(CNCC(C)CCCl)c1. The molecule has 0 bridgehead atoms. The summed E-state index contributed by atoms with van der Waals surface area (Å²) in [6.07, 6.45) is 1.04. The van der Waals surface area contributed by atoms with E-state index in [0.717, 1.165) is 42.5 Å². The van der Waals surface area contributed by atoms with Crippen molar-refractivity contribution < 1.29 is 4.74 Å². The van der Waals surface area contributed by atoms with E-state index >= 15 is 0 Å². The van der Waals surface area contributed by atoms with Crippen molar-refractivity contribution in [1.29, 1.82) is 0 Å². The number of alkyl halides is 1. The molecule has 0 spiro atoms. The van der Waals surface area contributed by atoms with Crippen LogP contribution in [0.2, 0.25) is 0 Å². The lowest BCUT2D eigenvalue weighted by atomic mass is 10.1. The molecule has 1 N–H and O–H groups in total. The van der Waals surface area contributed by atoms with Crippen molar-refractivity contribution in [3.05, 3.63) is 23.5 Å². The Morgan fingerprint density at radius 1 is 1.47 bits per heavy atom. The van der Waals surface area contributed by atoms with Gasteiger partial charge in [-0.1, -0.05) is 6.92 Å². The van der Waals surface area contributed by atoms with Crippen LogP contribution in [-0.4, -0.2) is 24.5 Å². The van der Waals surface area contributed by atoms with E-state index in [1.165, 1.54) is 0 Å². The number of ether oxygens (including phenoxy) is 1. The molecule has 0 amide bonds. The van der Waals surface area contributed by atoms with Gasteiger partial charge in [-0.15, -0.1) is 11.6 Å². The van der Waals surface area contributed by atoms with E-state index in [0.29, 0.717) is 5.92 Å². The van der Waals surface area contributed by atoms with Crippen LogP contribution in [0.1, 0.15) is 24.7 Å². The van der Waals surface area contributed by atoms with Crippen molar-refractivity contribution in [2.75, 3.05) is 19.5 Å². The molecular formula is C13H21ClN2O. The fourth-order valence-corrected chi connectivity index (χ4v) is 2.02. The van der Waals surface area contributed by atoms with Gasteiger partial charge in [0, 0.05) is 30.3 Å². The molecule has 4 heteroatoms. The molecule has 3 nitrogen and oxygen atoms in total. The topological polar surface area (TPSA) is 34.1 Å². The molecule has 0 aromatic carbocycles. The predicted molar refractivity (Wildman–Crippen MR) is 71.7 cm³/mol. The smallest absolute Gasteiger partial charge is 0.122 e. The van der Waals surface area contributed by atoms with Gasteiger partial charge in [-0.2, -0.15) is 0 Å². The highest BCUT2D eigenvalue weighted by Crippen LogP contribution is 2.13. The molecule has 0 aliphatic rings. The van der Waals surface area contributed by atoms with E-state index in [2.05, 4.69) is 17.2 Å². The maximum atomic E-state index is 5.70. The maximum Gasteiger partial charge on any atom is 0.122 e. The zero-order valence-electron chi connectivity index (χ0n) is 10.8. The second kappa shape index (κ2) is 7.51. The standard InChI is InChI=1S/C13H21ClN2O/c1-10(4-5-14)8-15-9-12-7-13(17-3)6-11(2)16-12/h6-7,10,15H,4-5,8-9H2,1-3H3. The van der Waals surface area contributed by atoms with Crippen LogP contribution in [0.25, 0.3) is 0 Å². The van der Waals surface area contributed by atoms with Crippen molar-refractivity contribution in [1.82, 2.24) is 10.3 Å². The Balaban J connectivity index is 2.43. The van der Waals surface area contributed by atoms with E-state index in [1.54, 1.807) is 7.11 Å². The molecule has 1 aromatic heterocycles. The van der Waals surface area contributed by atoms with Gasteiger partial charge >= 0.3 is 0 Å². The molecule has 1 heterocycles. The summed E-state index contributed by atoms with van der Waals surface area (Å²) in [6.45, 7) is 5.90. The molecule has 0 radical (unpaired) electrons. The van der Waals surface area contributed by atoms with Crippen LogP contribution in [0.4, 0.5) is 0 Å².